The number of carbonyl (C=O) groups excluding carboxylic acids is 1. The van der Waals surface area contributed by atoms with Crippen molar-refractivity contribution >= 4 is 23.3 Å². The molecule has 0 bridgehead atoms. The van der Waals surface area contributed by atoms with Crippen molar-refractivity contribution in [1.82, 2.24) is 4.90 Å². The molecule has 0 aliphatic carbocycles. The van der Waals surface area contributed by atoms with Crippen LogP contribution in [0.1, 0.15) is 13.3 Å². The number of non-ortho nitro benzene ring substituents is 1. The second-order valence-electron chi connectivity index (χ2n) is 5.29. The van der Waals surface area contributed by atoms with Crippen molar-refractivity contribution in [2.45, 2.75) is 19.4 Å². The van der Waals surface area contributed by atoms with Crippen LogP contribution in [0.2, 0.25) is 0 Å². The van der Waals surface area contributed by atoms with E-state index < -0.39 is 22.9 Å². The Bertz CT molecular complexity index is 604. The zero-order chi connectivity index (χ0) is 16.3. The van der Waals surface area contributed by atoms with E-state index in [1.807, 2.05) is 0 Å². The first-order valence-corrected chi connectivity index (χ1v) is 6.90. The highest BCUT2D eigenvalue weighted by molar-refractivity contribution is 5.94. The van der Waals surface area contributed by atoms with E-state index in [-0.39, 0.29) is 11.6 Å². The summed E-state index contributed by atoms with van der Waals surface area (Å²) < 4.78 is 0. The number of nitro groups is 1. The Morgan fingerprint density at radius 3 is 2.82 bits per heavy atom. The van der Waals surface area contributed by atoms with Gasteiger partial charge in [-0.05, 0) is 26.0 Å². The van der Waals surface area contributed by atoms with Gasteiger partial charge in [-0.3, -0.25) is 24.6 Å². The fourth-order valence-corrected chi connectivity index (χ4v) is 2.45. The summed E-state index contributed by atoms with van der Waals surface area (Å²) in [6.45, 7) is 2.57. The molecule has 22 heavy (non-hydrogen) atoms. The molecule has 1 aliphatic heterocycles. The Kier molecular flexibility index (Phi) is 4.71. The van der Waals surface area contributed by atoms with Crippen molar-refractivity contribution < 1.29 is 19.6 Å². The van der Waals surface area contributed by atoms with Crippen molar-refractivity contribution in [2.75, 3.05) is 18.4 Å². The van der Waals surface area contributed by atoms with Gasteiger partial charge in [0.05, 0.1) is 16.9 Å². The molecule has 2 atom stereocenters. The minimum absolute atomic E-state index is 0.0995. The molecule has 0 saturated carbocycles. The smallest absolute Gasteiger partial charge is 0.307 e. The van der Waals surface area contributed by atoms with E-state index in [9.17, 15) is 19.7 Å². The van der Waals surface area contributed by atoms with Gasteiger partial charge in [0.1, 0.15) is 0 Å². The van der Waals surface area contributed by atoms with E-state index in [1.165, 1.54) is 18.2 Å². The van der Waals surface area contributed by atoms with Gasteiger partial charge < -0.3 is 10.4 Å². The third kappa shape index (κ3) is 3.59. The number of hydrogen-bond donors (Lipinski definition) is 2. The van der Waals surface area contributed by atoms with Gasteiger partial charge in [-0.15, -0.1) is 0 Å². The largest absolute Gasteiger partial charge is 0.481 e. The molecule has 1 amide bonds. The topological polar surface area (TPSA) is 113 Å². The molecule has 2 unspecified atom stereocenters. The van der Waals surface area contributed by atoms with Crippen molar-refractivity contribution in [3.63, 3.8) is 0 Å². The maximum Gasteiger partial charge on any atom is 0.307 e. The first kappa shape index (κ1) is 15.9. The predicted molar refractivity (Wildman–Crippen MR) is 78.5 cm³/mol. The van der Waals surface area contributed by atoms with Crippen molar-refractivity contribution in [1.29, 1.82) is 0 Å². The molecule has 118 valence electrons. The number of carbonyl (C=O) groups is 2. The maximum atomic E-state index is 12.2. The SMILES string of the molecule is CC(C(=O)Nc1cccc([N+](=O)[O-])c1)N1CCC(C(=O)O)C1. The fraction of sp³-hybridized carbons (Fsp3) is 0.429. The highest BCUT2D eigenvalue weighted by Gasteiger charge is 2.33. The second-order valence-corrected chi connectivity index (χ2v) is 5.29. The molecule has 1 aromatic carbocycles. The molecule has 1 aliphatic rings. The molecule has 8 heteroatoms. The third-order valence-corrected chi connectivity index (χ3v) is 3.82. The monoisotopic (exact) mass is 307 g/mol. The summed E-state index contributed by atoms with van der Waals surface area (Å²) in [4.78, 5) is 35.1. The molecule has 0 radical (unpaired) electrons. The van der Waals surface area contributed by atoms with Gasteiger partial charge >= 0.3 is 5.97 Å². The number of carboxylic acids is 1. The Balaban J connectivity index is 1.99. The average Bonchev–Trinajstić information content (AvgIpc) is 2.96. The normalized spacial score (nSPS) is 19.6. The van der Waals surface area contributed by atoms with E-state index in [2.05, 4.69) is 5.32 Å². The lowest BCUT2D eigenvalue weighted by molar-refractivity contribution is -0.384. The molecule has 1 heterocycles. The minimum Gasteiger partial charge on any atom is -0.481 e. The van der Waals surface area contributed by atoms with Crippen LogP contribution in [0.4, 0.5) is 11.4 Å². The fourth-order valence-electron chi connectivity index (χ4n) is 2.45. The second kappa shape index (κ2) is 6.52. The van der Waals surface area contributed by atoms with E-state index in [0.29, 0.717) is 25.2 Å². The Labute approximate surface area is 126 Å². The van der Waals surface area contributed by atoms with Crippen LogP contribution in [-0.2, 0) is 9.59 Å². The van der Waals surface area contributed by atoms with E-state index in [0.717, 1.165) is 0 Å². The molecule has 1 saturated heterocycles. The van der Waals surface area contributed by atoms with Crippen LogP contribution in [-0.4, -0.2) is 45.9 Å². The van der Waals surface area contributed by atoms with Gasteiger partial charge in [-0.25, -0.2) is 0 Å². The number of carboxylic acid groups (broad SMARTS) is 1. The number of likely N-dealkylation sites (tertiary alicyclic amines) is 1. The van der Waals surface area contributed by atoms with Gasteiger partial charge in [0, 0.05) is 24.4 Å². The Hall–Kier alpha value is -2.48. The van der Waals surface area contributed by atoms with Gasteiger partial charge in [0.2, 0.25) is 5.91 Å². The summed E-state index contributed by atoms with van der Waals surface area (Å²) >= 11 is 0. The lowest BCUT2D eigenvalue weighted by Crippen LogP contribution is -2.41. The number of nitro benzene ring substituents is 1. The predicted octanol–water partition coefficient (Wildman–Crippen LogP) is 1.33. The van der Waals surface area contributed by atoms with Crippen molar-refractivity contribution in [3.8, 4) is 0 Å². The van der Waals surface area contributed by atoms with Crippen LogP contribution in [0.15, 0.2) is 24.3 Å². The average molecular weight is 307 g/mol. The minimum atomic E-state index is -0.853. The molecule has 0 aromatic heterocycles. The summed E-state index contributed by atoms with van der Waals surface area (Å²) in [6, 6.07) is 5.20. The van der Waals surface area contributed by atoms with Gasteiger partial charge in [0.15, 0.2) is 0 Å². The number of aliphatic carboxylic acids is 1. The molecule has 8 nitrogen and oxygen atoms in total. The lowest BCUT2D eigenvalue weighted by Gasteiger charge is -2.23. The lowest BCUT2D eigenvalue weighted by atomic mass is 10.1. The molecule has 1 fully saturated rings. The van der Waals surface area contributed by atoms with Crippen LogP contribution in [0.25, 0.3) is 0 Å². The van der Waals surface area contributed by atoms with Gasteiger partial charge in [0.25, 0.3) is 5.69 Å². The van der Waals surface area contributed by atoms with Crippen LogP contribution >= 0.6 is 0 Å². The third-order valence-electron chi connectivity index (χ3n) is 3.82. The van der Waals surface area contributed by atoms with E-state index in [1.54, 1.807) is 17.9 Å². The highest BCUT2D eigenvalue weighted by Crippen LogP contribution is 2.21. The van der Waals surface area contributed by atoms with Gasteiger partial charge in [-0.2, -0.15) is 0 Å². The van der Waals surface area contributed by atoms with E-state index in [4.69, 9.17) is 5.11 Å². The number of nitrogens with zero attached hydrogens (tertiary/aromatic N) is 2. The van der Waals surface area contributed by atoms with Crippen LogP contribution in [0.5, 0.6) is 0 Å². The van der Waals surface area contributed by atoms with Crippen molar-refractivity contribution in [2.24, 2.45) is 5.92 Å². The molecular formula is C14H17N3O5. The maximum absolute atomic E-state index is 12.2. The Morgan fingerprint density at radius 1 is 1.50 bits per heavy atom. The highest BCUT2D eigenvalue weighted by atomic mass is 16.6. The van der Waals surface area contributed by atoms with Crippen LogP contribution in [0.3, 0.4) is 0 Å². The summed E-state index contributed by atoms with van der Waals surface area (Å²) in [5.41, 5.74) is 0.248. The van der Waals surface area contributed by atoms with Crippen molar-refractivity contribution in [3.05, 3.63) is 34.4 Å². The summed E-state index contributed by atoms with van der Waals surface area (Å²) in [5, 5.41) is 22.3. The Morgan fingerprint density at radius 2 is 2.23 bits per heavy atom. The number of rotatable bonds is 5. The molecule has 2 rings (SSSR count). The standard InChI is InChI=1S/C14H17N3O5/c1-9(16-6-5-10(8-16)14(19)20)13(18)15-11-3-2-4-12(7-11)17(21)22/h2-4,7,9-10H,5-6,8H2,1H3,(H,15,18)(H,19,20). The zero-order valence-electron chi connectivity index (χ0n) is 12.1. The molecular weight excluding hydrogens is 290 g/mol. The summed E-state index contributed by atoms with van der Waals surface area (Å²) in [6.07, 6.45) is 0.518. The van der Waals surface area contributed by atoms with Gasteiger partial charge in [-0.1, -0.05) is 6.07 Å². The number of amides is 1. The first-order chi connectivity index (χ1) is 10.4. The number of benzene rings is 1. The summed E-state index contributed by atoms with van der Waals surface area (Å²) in [5.74, 6) is -1.62. The van der Waals surface area contributed by atoms with Crippen LogP contribution < -0.4 is 5.32 Å². The van der Waals surface area contributed by atoms with Crippen LogP contribution in [0, 0.1) is 16.0 Å². The molecule has 2 N–H and O–H groups in total. The molecule has 0 spiro atoms. The first-order valence-electron chi connectivity index (χ1n) is 6.90. The molecule has 1 aromatic rings. The zero-order valence-corrected chi connectivity index (χ0v) is 12.1. The van der Waals surface area contributed by atoms with E-state index >= 15 is 0 Å². The number of nitrogens with one attached hydrogen (secondary N) is 1. The quantitative estimate of drug-likeness (QED) is 0.626. The summed E-state index contributed by atoms with van der Waals surface area (Å²) in [7, 11) is 0. The number of anilines is 1. The number of hydrogen-bond acceptors (Lipinski definition) is 5.